The van der Waals surface area contributed by atoms with Crippen molar-refractivity contribution in [3.63, 3.8) is 0 Å². The number of amides is 3. The highest BCUT2D eigenvalue weighted by Gasteiger charge is 2.51. The summed E-state index contributed by atoms with van der Waals surface area (Å²) in [5.41, 5.74) is -0.0809. The quantitative estimate of drug-likeness (QED) is 0.581. The van der Waals surface area contributed by atoms with Crippen molar-refractivity contribution in [1.82, 2.24) is 20.8 Å². The lowest BCUT2D eigenvalue weighted by Crippen LogP contribution is -2.61. The topological polar surface area (TPSA) is 96.0 Å². The van der Waals surface area contributed by atoms with E-state index in [0.29, 0.717) is 5.92 Å². The smallest absolute Gasteiger partial charge is 0.321 e. The van der Waals surface area contributed by atoms with Crippen LogP contribution < -0.4 is 16.0 Å². The molecule has 0 atom stereocenters. The molecular weight excluding hydrogens is 394 g/mol. The maximum Gasteiger partial charge on any atom is 0.321 e. The SMILES string of the molecule is CC(C)CNc1nnc(SCC(=O)NC(=O)NC23CC4CC(CC(C4)C2)C3)s1. The van der Waals surface area contributed by atoms with Gasteiger partial charge in [0.15, 0.2) is 4.34 Å². The Morgan fingerprint density at radius 1 is 1.14 bits per heavy atom. The summed E-state index contributed by atoms with van der Waals surface area (Å²) in [7, 11) is 0. The molecule has 1 aromatic heterocycles. The first-order chi connectivity index (χ1) is 13.4. The molecule has 4 aliphatic carbocycles. The fourth-order valence-corrected chi connectivity index (χ4v) is 7.02. The Bertz CT molecular complexity index is 700. The fourth-order valence-electron chi connectivity index (χ4n) is 5.46. The van der Waals surface area contributed by atoms with Crippen LogP contribution in [0.1, 0.15) is 52.4 Å². The Morgan fingerprint density at radius 3 is 2.39 bits per heavy atom. The number of thioether (sulfide) groups is 1. The Kier molecular flexibility index (Phi) is 5.83. The second-order valence-corrected chi connectivity index (χ2v) is 11.3. The molecule has 154 valence electrons. The van der Waals surface area contributed by atoms with Crippen molar-refractivity contribution < 1.29 is 9.59 Å². The molecule has 7 nitrogen and oxygen atoms in total. The summed E-state index contributed by atoms with van der Waals surface area (Å²) < 4.78 is 0.725. The molecule has 0 aromatic carbocycles. The zero-order valence-corrected chi connectivity index (χ0v) is 18.1. The number of nitrogens with one attached hydrogen (secondary N) is 3. The Morgan fingerprint density at radius 2 is 1.79 bits per heavy atom. The second-order valence-electron chi connectivity index (χ2n) is 9.14. The van der Waals surface area contributed by atoms with E-state index in [9.17, 15) is 9.59 Å². The minimum Gasteiger partial charge on any atom is -0.360 e. The molecule has 4 bridgehead atoms. The van der Waals surface area contributed by atoms with Crippen LogP contribution >= 0.6 is 23.1 Å². The predicted octanol–water partition coefficient (Wildman–Crippen LogP) is 3.49. The van der Waals surface area contributed by atoms with Gasteiger partial charge in [0.2, 0.25) is 11.0 Å². The first-order valence-corrected chi connectivity index (χ1v) is 12.0. The van der Waals surface area contributed by atoms with Gasteiger partial charge in [-0.15, -0.1) is 10.2 Å². The fraction of sp³-hybridized carbons (Fsp3) is 0.789. The third-order valence-electron chi connectivity index (χ3n) is 6.06. The van der Waals surface area contributed by atoms with Crippen LogP contribution in [-0.2, 0) is 4.79 Å². The maximum atomic E-state index is 12.4. The standard InChI is InChI=1S/C19H29N5O2S2/c1-11(2)9-20-17-23-24-18(28-17)27-10-15(25)21-16(26)22-19-6-12-3-13(7-19)5-14(4-12)8-19/h11-14H,3-10H2,1-2H3,(H,20,23)(H2,21,22,25,26). The van der Waals surface area contributed by atoms with Crippen LogP contribution in [-0.4, -0.2) is 40.0 Å². The van der Waals surface area contributed by atoms with Gasteiger partial charge in [-0.2, -0.15) is 0 Å². The maximum absolute atomic E-state index is 12.4. The monoisotopic (exact) mass is 423 g/mol. The third-order valence-corrected chi connectivity index (χ3v) is 8.08. The highest BCUT2D eigenvalue weighted by Crippen LogP contribution is 2.55. The van der Waals surface area contributed by atoms with Gasteiger partial charge in [-0.25, -0.2) is 4.79 Å². The zero-order chi connectivity index (χ0) is 19.7. The summed E-state index contributed by atoms with van der Waals surface area (Å²) in [6.07, 6.45) is 7.21. The number of nitrogens with zero attached hydrogens (tertiary/aromatic N) is 2. The summed E-state index contributed by atoms with van der Waals surface area (Å²) in [6, 6.07) is -0.343. The van der Waals surface area contributed by atoms with Crippen molar-refractivity contribution in [1.29, 1.82) is 0 Å². The molecule has 0 spiro atoms. The number of rotatable bonds is 7. The molecule has 9 heteroatoms. The van der Waals surface area contributed by atoms with E-state index >= 15 is 0 Å². The van der Waals surface area contributed by atoms with E-state index in [1.165, 1.54) is 42.4 Å². The first-order valence-electron chi connectivity index (χ1n) is 10.2. The van der Waals surface area contributed by atoms with Gasteiger partial charge in [-0.05, 0) is 62.2 Å². The number of imide groups is 1. The summed E-state index contributed by atoms with van der Waals surface area (Å²) in [5.74, 6) is 2.67. The third kappa shape index (κ3) is 4.79. The number of hydrogen-bond acceptors (Lipinski definition) is 7. The van der Waals surface area contributed by atoms with Crippen LogP contribution in [0, 0.1) is 23.7 Å². The van der Waals surface area contributed by atoms with Crippen LogP contribution in [0.2, 0.25) is 0 Å². The number of carbonyl (C=O) groups excluding carboxylic acids is 2. The molecule has 5 rings (SSSR count). The number of aromatic nitrogens is 2. The summed E-state index contributed by atoms with van der Waals surface area (Å²) in [6.45, 7) is 5.09. The van der Waals surface area contributed by atoms with Gasteiger partial charge in [0.1, 0.15) is 0 Å². The predicted molar refractivity (Wildman–Crippen MR) is 112 cm³/mol. The molecular formula is C19H29N5O2S2. The van der Waals surface area contributed by atoms with E-state index in [4.69, 9.17) is 0 Å². The molecule has 3 amide bonds. The van der Waals surface area contributed by atoms with Crippen LogP contribution in [0.4, 0.5) is 9.93 Å². The molecule has 0 saturated heterocycles. The van der Waals surface area contributed by atoms with Crippen LogP contribution in [0.3, 0.4) is 0 Å². The molecule has 0 aliphatic heterocycles. The Balaban J connectivity index is 1.21. The van der Waals surface area contributed by atoms with Crippen molar-refractivity contribution in [3.05, 3.63) is 0 Å². The molecule has 1 aromatic rings. The van der Waals surface area contributed by atoms with E-state index in [0.717, 1.165) is 53.0 Å². The van der Waals surface area contributed by atoms with Crippen molar-refractivity contribution in [2.24, 2.45) is 23.7 Å². The molecule has 4 saturated carbocycles. The van der Waals surface area contributed by atoms with Gasteiger partial charge in [-0.1, -0.05) is 36.9 Å². The normalized spacial score (nSPS) is 30.5. The number of carbonyl (C=O) groups is 2. The average Bonchev–Trinajstić information content (AvgIpc) is 3.04. The summed E-state index contributed by atoms with van der Waals surface area (Å²) in [5, 5.41) is 17.8. The van der Waals surface area contributed by atoms with Gasteiger partial charge in [0.25, 0.3) is 0 Å². The van der Waals surface area contributed by atoms with Crippen LogP contribution in [0.25, 0.3) is 0 Å². The van der Waals surface area contributed by atoms with Crippen molar-refractivity contribution in [2.75, 3.05) is 17.6 Å². The van der Waals surface area contributed by atoms with Crippen LogP contribution in [0.5, 0.6) is 0 Å². The number of hydrogen-bond donors (Lipinski definition) is 3. The lowest BCUT2D eigenvalue weighted by Gasteiger charge is -2.56. The molecule has 0 radical (unpaired) electrons. The van der Waals surface area contributed by atoms with Gasteiger partial charge < -0.3 is 10.6 Å². The summed E-state index contributed by atoms with van der Waals surface area (Å²) >= 11 is 2.74. The molecule has 4 aliphatic rings. The van der Waals surface area contributed by atoms with Crippen molar-refractivity contribution >= 4 is 40.2 Å². The minimum absolute atomic E-state index is 0.0809. The van der Waals surface area contributed by atoms with Gasteiger partial charge >= 0.3 is 6.03 Å². The van der Waals surface area contributed by atoms with Crippen molar-refractivity contribution in [3.8, 4) is 0 Å². The molecule has 4 fully saturated rings. The van der Waals surface area contributed by atoms with E-state index < -0.39 is 0 Å². The Labute approximate surface area is 174 Å². The molecule has 3 N–H and O–H groups in total. The first kappa shape index (κ1) is 19.9. The lowest BCUT2D eigenvalue weighted by atomic mass is 9.53. The summed E-state index contributed by atoms with van der Waals surface area (Å²) in [4.78, 5) is 24.6. The average molecular weight is 424 g/mol. The van der Waals surface area contributed by atoms with Crippen LogP contribution in [0.15, 0.2) is 4.34 Å². The highest BCUT2D eigenvalue weighted by atomic mass is 32.2. The second kappa shape index (κ2) is 8.18. The molecule has 28 heavy (non-hydrogen) atoms. The largest absolute Gasteiger partial charge is 0.360 e. The van der Waals surface area contributed by atoms with Gasteiger partial charge in [0, 0.05) is 12.1 Å². The lowest BCUT2D eigenvalue weighted by molar-refractivity contribution is -0.117. The van der Waals surface area contributed by atoms with E-state index in [1.807, 2.05) is 0 Å². The molecule has 1 heterocycles. The number of anilines is 1. The number of urea groups is 1. The van der Waals surface area contributed by atoms with E-state index in [2.05, 4.69) is 40.0 Å². The highest BCUT2D eigenvalue weighted by molar-refractivity contribution is 8.01. The van der Waals surface area contributed by atoms with Gasteiger partial charge in [0.05, 0.1) is 5.75 Å². The van der Waals surface area contributed by atoms with E-state index in [-0.39, 0.29) is 23.2 Å². The van der Waals surface area contributed by atoms with Gasteiger partial charge in [-0.3, -0.25) is 10.1 Å². The minimum atomic E-state index is -0.343. The van der Waals surface area contributed by atoms with Crippen molar-refractivity contribution in [2.45, 2.75) is 62.3 Å². The zero-order valence-electron chi connectivity index (χ0n) is 16.5. The van der Waals surface area contributed by atoms with E-state index in [1.54, 1.807) is 0 Å². The Hall–Kier alpha value is -1.35. The molecule has 0 unspecified atom stereocenters.